The number of ether oxygens (including phenoxy) is 1. The minimum absolute atomic E-state index is 0.0650. The third-order valence-electron chi connectivity index (χ3n) is 7.17. The van der Waals surface area contributed by atoms with Gasteiger partial charge in [0.1, 0.15) is 21.8 Å². The molecule has 1 aromatic rings. The molecule has 0 aromatic carbocycles. The van der Waals surface area contributed by atoms with E-state index in [4.69, 9.17) is 17.0 Å². The Kier molecular flexibility index (Phi) is 7.67. The molecule has 2 aliphatic heterocycles. The summed E-state index contributed by atoms with van der Waals surface area (Å²) in [5.41, 5.74) is 0.910. The summed E-state index contributed by atoms with van der Waals surface area (Å²) in [5.74, 6) is 0.187. The summed E-state index contributed by atoms with van der Waals surface area (Å²) in [6.07, 6.45) is 7.10. The van der Waals surface area contributed by atoms with Gasteiger partial charge in [-0.15, -0.1) is 0 Å². The van der Waals surface area contributed by atoms with E-state index in [1.54, 1.807) is 31.9 Å². The molecule has 0 N–H and O–H groups in total. The minimum Gasteiger partial charge on any atom is -0.466 e. The fourth-order valence-corrected chi connectivity index (χ4v) is 6.65. The number of piperidine rings is 1. The van der Waals surface area contributed by atoms with Crippen LogP contribution in [0.2, 0.25) is 0 Å². The largest absolute Gasteiger partial charge is 0.466 e. The van der Waals surface area contributed by atoms with Crippen LogP contribution < -0.4 is 10.5 Å². The number of thioether (sulfide) groups is 1. The lowest BCUT2D eigenvalue weighted by Crippen LogP contribution is -2.40. The molecule has 0 bridgehead atoms. The maximum absolute atomic E-state index is 13.3. The standard InChI is InChI=1S/C25H30N4O4S2/c1-4-33-24(32)16-9-11-28(12-10-16)21-18(15(2)19(14-26)22(30)27(21)3)13-20-23(31)29(25(34)35-20)17-7-5-6-8-17/h13,16-17H,4-12H2,1-3H3/b20-13-. The molecule has 8 nitrogen and oxygen atoms in total. The van der Waals surface area contributed by atoms with Gasteiger partial charge < -0.3 is 9.64 Å². The number of amides is 1. The second kappa shape index (κ2) is 10.5. The Bertz CT molecular complexity index is 1190. The zero-order valence-corrected chi connectivity index (χ0v) is 22.0. The zero-order valence-electron chi connectivity index (χ0n) is 20.3. The highest BCUT2D eigenvalue weighted by molar-refractivity contribution is 8.26. The predicted octanol–water partition coefficient (Wildman–Crippen LogP) is 3.49. The molecule has 1 aromatic heterocycles. The van der Waals surface area contributed by atoms with E-state index >= 15 is 0 Å². The van der Waals surface area contributed by atoms with Gasteiger partial charge >= 0.3 is 5.97 Å². The van der Waals surface area contributed by atoms with Gasteiger partial charge in [0.25, 0.3) is 11.5 Å². The first-order chi connectivity index (χ1) is 16.8. The number of pyridine rings is 1. The van der Waals surface area contributed by atoms with Gasteiger partial charge in [0.15, 0.2) is 0 Å². The van der Waals surface area contributed by atoms with E-state index in [9.17, 15) is 19.6 Å². The maximum Gasteiger partial charge on any atom is 0.309 e. The second-order valence-corrected chi connectivity index (χ2v) is 10.9. The number of nitrogens with zero attached hydrogens (tertiary/aromatic N) is 4. The average molecular weight is 515 g/mol. The van der Waals surface area contributed by atoms with Crippen molar-refractivity contribution in [3.05, 3.63) is 31.9 Å². The lowest BCUT2D eigenvalue weighted by Gasteiger charge is -2.35. The van der Waals surface area contributed by atoms with Crippen LogP contribution in [0.5, 0.6) is 0 Å². The first-order valence-corrected chi connectivity index (χ1v) is 13.3. The van der Waals surface area contributed by atoms with Gasteiger partial charge in [-0.1, -0.05) is 36.8 Å². The highest BCUT2D eigenvalue weighted by atomic mass is 32.2. The van der Waals surface area contributed by atoms with Crippen molar-refractivity contribution < 1.29 is 14.3 Å². The molecule has 10 heteroatoms. The monoisotopic (exact) mass is 514 g/mol. The molecule has 1 amide bonds. The molecular weight excluding hydrogens is 484 g/mol. The molecule has 186 valence electrons. The number of rotatable bonds is 5. The smallest absolute Gasteiger partial charge is 0.309 e. The third-order valence-corrected chi connectivity index (χ3v) is 8.50. The highest BCUT2D eigenvalue weighted by Gasteiger charge is 2.39. The third kappa shape index (κ3) is 4.76. The van der Waals surface area contributed by atoms with Gasteiger partial charge in [-0.05, 0) is 51.2 Å². The van der Waals surface area contributed by atoms with Gasteiger partial charge in [0.2, 0.25) is 0 Å². The number of hydrogen-bond donors (Lipinski definition) is 0. The first-order valence-electron chi connectivity index (χ1n) is 12.1. The molecule has 1 saturated carbocycles. The lowest BCUT2D eigenvalue weighted by molar-refractivity contribution is -0.148. The number of hydrogen-bond acceptors (Lipinski definition) is 8. The van der Waals surface area contributed by atoms with Crippen LogP contribution in [-0.2, 0) is 21.4 Å². The number of carbonyl (C=O) groups is 2. The van der Waals surface area contributed by atoms with Crippen molar-refractivity contribution in [3.63, 3.8) is 0 Å². The highest BCUT2D eigenvalue weighted by Crippen LogP contribution is 2.39. The summed E-state index contributed by atoms with van der Waals surface area (Å²) in [4.78, 5) is 42.9. The summed E-state index contributed by atoms with van der Waals surface area (Å²) in [7, 11) is 1.65. The Morgan fingerprint density at radius 2 is 1.89 bits per heavy atom. The quantitative estimate of drug-likeness (QED) is 0.335. The van der Waals surface area contributed by atoms with Crippen molar-refractivity contribution in [2.75, 3.05) is 24.6 Å². The number of thiocarbonyl (C=S) groups is 1. The van der Waals surface area contributed by atoms with Gasteiger partial charge in [-0.3, -0.25) is 23.9 Å². The Morgan fingerprint density at radius 3 is 2.49 bits per heavy atom. The van der Waals surface area contributed by atoms with Crippen LogP contribution in [0.15, 0.2) is 9.70 Å². The molecule has 4 rings (SSSR count). The van der Waals surface area contributed by atoms with E-state index in [2.05, 4.69) is 4.90 Å². The van der Waals surface area contributed by atoms with Crippen molar-refractivity contribution in [2.45, 2.75) is 58.4 Å². The fraction of sp³-hybridized carbons (Fsp3) is 0.560. The van der Waals surface area contributed by atoms with Crippen molar-refractivity contribution in [2.24, 2.45) is 13.0 Å². The van der Waals surface area contributed by atoms with E-state index in [1.165, 1.54) is 16.3 Å². The molecule has 2 saturated heterocycles. The molecule has 3 fully saturated rings. The Hall–Kier alpha value is -2.64. The van der Waals surface area contributed by atoms with Gasteiger partial charge in [-0.25, -0.2) is 0 Å². The van der Waals surface area contributed by atoms with Crippen LogP contribution in [0.25, 0.3) is 6.08 Å². The molecule has 3 aliphatic rings. The molecule has 3 heterocycles. The molecule has 0 atom stereocenters. The summed E-state index contributed by atoms with van der Waals surface area (Å²) >= 11 is 6.84. The normalized spacial score (nSPS) is 20.7. The predicted molar refractivity (Wildman–Crippen MR) is 140 cm³/mol. The second-order valence-electron chi connectivity index (χ2n) is 9.22. The van der Waals surface area contributed by atoms with Crippen LogP contribution >= 0.6 is 24.0 Å². The van der Waals surface area contributed by atoms with Gasteiger partial charge in [-0.2, -0.15) is 5.26 Å². The fourth-order valence-electron chi connectivity index (χ4n) is 5.27. The van der Waals surface area contributed by atoms with Crippen LogP contribution in [0.3, 0.4) is 0 Å². The molecule has 0 radical (unpaired) electrons. The zero-order chi connectivity index (χ0) is 25.3. The Labute approximate surface area is 214 Å². The molecular formula is C25H30N4O4S2. The van der Waals surface area contributed by atoms with E-state index in [1.807, 2.05) is 6.07 Å². The Balaban J connectivity index is 1.72. The molecule has 35 heavy (non-hydrogen) atoms. The summed E-state index contributed by atoms with van der Waals surface area (Å²) in [6, 6.07) is 2.18. The Morgan fingerprint density at radius 1 is 1.23 bits per heavy atom. The van der Waals surface area contributed by atoms with Crippen LogP contribution in [0.1, 0.15) is 62.1 Å². The van der Waals surface area contributed by atoms with E-state index in [0.717, 1.165) is 25.7 Å². The number of aromatic nitrogens is 1. The van der Waals surface area contributed by atoms with Gasteiger partial charge in [0, 0.05) is 31.7 Å². The minimum atomic E-state index is -0.372. The SMILES string of the molecule is CCOC(=O)C1CCN(c2c(/C=C3\SC(=S)N(C4CCCC4)C3=O)c(C)c(C#N)c(=O)n2C)CC1. The molecule has 0 unspecified atom stereocenters. The van der Waals surface area contributed by atoms with Crippen molar-refractivity contribution in [3.8, 4) is 6.07 Å². The topological polar surface area (TPSA) is 95.6 Å². The van der Waals surface area contributed by atoms with Crippen molar-refractivity contribution in [1.82, 2.24) is 9.47 Å². The summed E-state index contributed by atoms with van der Waals surface area (Å²) < 4.78 is 7.23. The molecule has 0 spiro atoms. The number of anilines is 1. The summed E-state index contributed by atoms with van der Waals surface area (Å²) in [6.45, 7) is 5.02. The van der Waals surface area contributed by atoms with Crippen LogP contribution in [0.4, 0.5) is 5.82 Å². The van der Waals surface area contributed by atoms with E-state index in [0.29, 0.717) is 58.7 Å². The van der Waals surface area contributed by atoms with Crippen molar-refractivity contribution >= 4 is 52.1 Å². The first kappa shape index (κ1) is 25.5. The van der Waals surface area contributed by atoms with E-state index in [-0.39, 0.29) is 35.0 Å². The molecule has 1 aliphatic carbocycles. The number of nitriles is 1. The number of esters is 1. The lowest BCUT2D eigenvalue weighted by atomic mass is 9.95. The van der Waals surface area contributed by atoms with Crippen LogP contribution in [0, 0.1) is 24.2 Å². The van der Waals surface area contributed by atoms with Crippen LogP contribution in [-0.4, -0.2) is 51.4 Å². The maximum atomic E-state index is 13.3. The number of carbonyl (C=O) groups excluding carboxylic acids is 2. The average Bonchev–Trinajstić information content (AvgIpc) is 3.46. The van der Waals surface area contributed by atoms with Crippen molar-refractivity contribution in [1.29, 1.82) is 5.26 Å². The van der Waals surface area contributed by atoms with Gasteiger partial charge in [0.05, 0.1) is 17.4 Å². The van der Waals surface area contributed by atoms with E-state index < -0.39 is 0 Å². The summed E-state index contributed by atoms with van der Waals surface area (Å²) in [5, 5.41) is 9.69.